The van der Waals surface area contributed by atoms with Gasteiger partial charge >= 0.3 is 6.18 Å². The Hall–Kier alpha value is -3.11. The Kier molecular flexibility index (Phi) is 6.31. The summed E-state index contributed by atoms with van der Waals surface area (Å²) in [5.74, 6) is 0.258. The normalized spacial score (nSPS) is 16.1. The largest absolute Gasteiger partial charge is 0.433 e. The molecule has 0 radical (unpaired) electrons. The molecule has 4 rings (SSSR count). The average Bonchev–Trinajstić information content (AvgIpc) is 3.46. The molecule has 1 fully saturated rings. The highest BCUT2D eigenvalue weighted by molar-refractivity contribution is 7.97. The van der Waals surface area contributed by atoms with E-state index in [0.29, 0.717) is 31.9 Å². The van der Waals surface area contributed by atoms with E-state index in [2.05, 4.69) is 10.1 Å². The van der Waals surface area contributed by atoms with Gasteiger partial charge in [-0.2, -0.15) is 28.0 Å². The van der Waals surface area contributed by atoms with Crippen LogP contribution < -0.4 is 4.90 Å². The lowest BCUT2D eigenvalue weighted by Crippen LogP contribution is -2.45. The maximum Gasteiger partial charge on any atom is 0.433 e. The lowest BCUT2D eigenvalue weighted by atomic mass is 9.93. The summed E-state index contributed by atoms with van der Waals surface area (Å²) >= 11 is 1.03. The fraction of sp³-hybridized carbons (Fsp3) is 0.409. The number of nitriles is 1. The lowest BCUT2D eigenvalue weighted by molar-refractivity contribution is -0.141. The number of thiophene rings is 1. The molecule has 0 atom stereocenters. The Balaban J connectivity index is 1.63. The number of hydrogen-bond acceptors (Lipinski definition) is 8. The Morgan fingerprint density at radius 3 is 2.37 bits per heavy atom. The van der Waals surface area contributed by atoms with Crippen LogP contribution in [0.2, 0.25) is 0 Å². The average molecular weight is 525 g/mol. The van der Waals surface area contributed by atoms with Crippen LogP contribution in [-0.4, -0.2) is 54.1 Å². The Bertz CT molecular complexity index is 1410. The number of aromatic nitrogens is 3. The number of hydrogen-bond donors (Lipinski definition) is 0. The van der Waals surface area contributed by atoms with Crippen LogP contribution in [0.4, 0.5) is 19.0 Å². The summed E-state index contributed by atoms with van der Waals surface area (Å²) in [7, 11) is -3.92. The third-order valence-corrected chi connectivity index (χ3v) is 8.62. The molecule has 3 aromatic rings. The van der Waals surface area contributed by atoms with Crippen molar-refractivity contribution < 1.29 is 21.6 Å². The third-order valence-electron chi connectivity index (χ3n) is 5.56. The number of anilines is 1. The van der Waals surface area contributed by atoms with E-state index in [-0.39, 0.29) is 26.0 Å². The fourth-order valence-electron chi connectivity index (χ4n) is 3.62. The first kappa shape index (κ1) is 25.0. The highest BCUT2D eigenvalue weighted by Crippen LogP contribution is 2.33. The van der Waals surface area contributed by atoms with E-state index in [1.165, 1.54) is 16.8 Å². The van der Waals surface area contributed by atoms with Crippen molar-refractivity contribution in [1.82, 2.24) is 19.5 Å². The summed E-state index contributed by atoms with van der Waals surface area (Å²) in [6, 6.07) is 7.34. The van der Waals surface area contributed by atoms with Gasteiger partial charge < -0.3 is 9.80 Å². The summed E-state index contributed by atoms with van der Waals surface area (Å²) in [6.07, 6.45) is -3.31. The highest BCUT2D eigenvalue weighted by atomic mass is 32.2. The predicted octanol–water partition coefficient (Wildman–Crippen LogP) is 4.07. The smallest absolute Gasteiger partial charge is 0.372 e. The molecule has 1 aliphatic heterocycles. The second-order valence-electron chi connectivity index (χ2n) is 9.11. The van der Waals surface area contributed by atoms with Crippen molar-refractivity contribution in [3.8, 4) is 6.07 Å². The fourth-order valence-corrected chi connectivity index (χ4v) is 5.90. The molecule has 0 amide bonds. The van der Waals surface area contributed by atoms with Crippen molar-refractivity contribution in [3.63, 3.8) is 0 Å². The predicted molar refractivity (Wildman–Crippen MR) is 126 cm³/mol. The van der Waals surface area contributed by atoms with Crippen LogP contribution in [0.3, 0.4) is 0 Å². The number of allylic oxidation sites excluding steroid dienone is 1. The number of piperazine rings is 1. The Morgan fingerprint density at radius 2 is 1.83 bits per heavy atom. The van der Waals surface area contributed by atoms with Gasteiger partial charge in [0.1, 0.15) is 16.1 Å². The molecule has 13 heteroatoms. The van der Waals surface area contributed by atoms with E-state index in [1.54, 1.807) is 33.4 Å². The quantitative estimate of drug-likeness (QED) is 0.475. The molecule has 1 saturated heterocycles. The van der Waals surface area contributed by atoms with E-state index in [4.69, 9.17) is 0 Å². The van der Waals surface area contributed by atoms with Gasteiger partial charge in [0.25, 0.3) is 0 Å². The van der Waals surface area contributed by atoms with E-state index >= 15 is 0 Å². The van der Waals surface area contributed by atoms with Crippen molar-refractivity contribution in [2.24, 2.45) is 0 Å². The molecule has 35 heavy (non-hydrogen) atoms. The van der Waals surface area contributed by atoms with Crippen molar-refractivity contribution >= 4 is 32.6 Å². The van der Waals surface area contributed by atoms with E-state index in [1.807, 2.05) is 20.8 Å². The minimum absolute atomic E-state index is 0.0797. The summed E-state index contributed by atoms with van der Waals surface area (Å²) in [6.45, 7) is 6.97. The van der Waals surface area contributed by atoms with E-state index in [0.717, 1.165) is 17.4 Å². The number of fused-ring (bicyclic) bond motifs is 1. The molecule has 0 N–H and O–H groups in total. The summed E-state index contributed by atoms with van der Waals surface area (Å²) < 4.78 is 67.6. The molecule has 8 nitrogen and oxygen atoms in total. The minimum Gasteiger partial charge on any atom is -0.372 e. The standard InChI is InChI=1S/C22H23F3N6O2S2/c1-21(2,3)16-11-18-27-17(22(23,24)25)12-19(31(18)28-16)30-8-6-29(7-9-30)14-15(13-26)35(32,33)20-5-4-10-34-20/h4-5,10-12,14H,6-9H2,1-3H3/b15-14-. The first-order valence-corrected chi connectivity index (χ1v) is 13.0. The van der Waals surface area contributed by atoms with Crippen LogP contribution in [0.5, 0.6) is 0 Å². The van der Waals surface area contributed by atoms with E-state index in [9.17, 15) is 26.9 Å². The van der Waals surface area contributed by atoms with Gasteiger partial charge in [0.2, 0.25) is 9.84 Å². The van der Waals surface area contributed by atoms with Gasteiger partial charge in [0, 0.05) is 49.9 Å². The summed E-state index contributed by atoms with van der Waals surface area (Å²) in [5.41, 5.74) is -0.661. The van der Waals surface area contributed by atoms with E-state index < -0.39 is 21.7 Å². The molecular formula is C22H23F3N6O2S2. The third kappa shape index (κ3) is 4.99. The SMILES string of the molecule is CC(C)(C)c1cc2nc(C(F)(F)F)cc(N3CCN(/C=C(/C#N)S(=O)(=O)c4cccs4)CC3)n2n1. The lowest BCUT2D eigenvalue weighted by Gasteiger charge is -2.35. The van der Waals surface area contributed by atoms with Crippen molar-refractivity contribution in [2.75, 3.05) is 31.1 Å². The van der Waals surface area contributed by atoms with Crippen LogP contribution in [0.25, 0.3) is 5.65 Å². The molecule has 4 heterocycles. The number of sulfone groups is 1. The zero-order chi connectivity index (χ0) is 25.6. The molecule has 3 aromatic heterocycles. The van der Waals surface area contributed by atoms with Crippen LogP contribution in [0.1, 0.15) is 32.2 Å². The van der Waals surface area contributed by atoms with Gasteiger partial charge in [-0.25, -0.2) is 13.4 Å². The molecule has 0 aromatic carbocycles. The molecule has 186 valence electrons. The van der Waals surface area contributed by atoms with Gasteiger partial charge in [-0.05, 0) is 11.4 Å². The first-order valence-electron chi connectivity index (χ1n) is 10.7. The van der Waals surface area contributed by atoms with Gasteiger partial charge in [-0.1, -0.05) is 26.8 Å². The maximum absolute atomic E-state index is 13.6. The van der Waals surface area contributed by atoms with Crippen LogP contribution in [-0.2, 0) is 21.4 Å². The van der Waals surface area contributed by atoms with Crippen LogP contribution >= 0.6 is 11.3 Å². The molecule has 0 spiro atoms. The Labute approximate surface area is 204 Å². The topological polar surface area (TPSA) is 94.6 Å². The molecule has 0 saturated carbocycles. The van der Waals surface area contributed by atoms with Gasteiger partial charge in [0.15, 0.2) is 16.2 Å². The van der Waals surface area contributed by atoms with Crippen LogP contribution in [0.15, 0.2) is 45.0 Å². The van der Waals surface area contributed by atoms with Crippen molar-refractivity contribution in [1.29, 1.82) is 5.26 Å². The van der Waals surface area contributed by atoms with Crippen molar-refractivity contribution in [2.45, 2.75) is 36.6 Å². The minimum atomic E-state index is -4.62. The molecule has 0 aliphatic carbocycles. The first-order chi connectivity index (χ1) is 16.3. The zero-order valence-electron chi connectivity index (χ0n) is 19.2. The zero-order valence-corrected chi connectivity index (χ0v) is 20.9. The van der Waals surface area contributed by atoms with Gasteiger partial charge in [-0.15, -0.1) is 11.3 Å². The number of nitrogens with zero attached hydrogens (tertiary/aromatic N) is 6. The number of alkyl halides is 3. The Morgan fingerprint density at radius 1 is 1.14 bits per heavy atom. The molecular weight excluding hydrogens is 501 g/mol. The van der Waals surface area contributed by atoms with Gasteiger partial charge in [0.05, 0.1) is 5.69 Å². The summed E-state index contributed by atoms with van der Waals surface area (Å²) in [4.78, 5) is 6.85. The molecule has 0 bridgehead atoms. The number of rotatable bonds is 4. The molecule has 1 aliphatic rings. The molecule has 0 unspecified atom stereocenters. The van der Waals surface area contributed by atoms with Crippen molar-refractivity contribution in [3.05, 3.63) is 52.1 Å². The van der Waals surface area contributed by atoms with Gasteiger partial charge in [-0.3, -0.25) is 0 Å². The monoisotopic (exact) mass is 524 g/mol. The second-order valence-corrected chi connectivity index (χ2v) is 12.2. The number of halogens is 3. The highest BCUT2D eigenvalue weighted by Gasteiger charge is 2.35. The maximum atomic E-state index is 13.6. The summed E-state index contributed by atoms with van der Waals surface area (Å²) in [5, 5.41) is 15.6. The second kappa shape index (κ2) is 8.83. The van der Waals surface area contributed by atoms with Crippen LogP contribution in [0, 0.1) is 11.3 Å².